The first kappa shape index (κ1) is 22.0. The van der Waals surface area contributed by atoms with Crippen LogP contribution in [0.5, 0.6) is 0 Å². The van der Waals surface area contributed by atoms with Gasteiger partial charge in [-0.15, -0.1) is 10.2 Å². The zero-order valence-electron chi connectivity index (χ0n) is 18.9. The summed E-state index contributed by atoms with van der Waals surface area (Å²) in [6.07, 6.45) is 5.18. The lowest BCUT2D eigenvalue weighted by Gasteiger charge is -2.27. The molecule has 2 N–H and O–H groups in total. The Morgan fingerprint density at radius 2 is 1.76 bits per heavy atom. The minimum Gasteiger partial charge on any atom is -0.420 e. The van der Waals surface area contributed by atoms with Crippen LogP contribution in [0.4, 0.5) is 0 Å². The van der Waals surface area contributed by atoms with Gasteiger partial charge in [0.1, 0.15) is 5.82 Å². The van der Waals surface area contributed by atoms with Crippen molar-refractivity contribution in [3.05, 3.63) is 76.7 Å². The van der Waals surface area contributed by atoms with Crippen LogP contribution in [0.2, 0.25) is 0 Å². The molecular weight excluding hydrogens is 430 g/mol. The Kier molecular flexibility index (Phi) is 6.46. The van der Waals surface area contributed by atoms with Gasteiger partial charge in [0.25, 0.3) is 5.56 Å². The number of para-hydroxylation sites is 1. The van der Waals surface area contributed by atoms with Gasteiger partial charge in [-0.2, -0.15) is 0 Å². The van der Waals surface area contributed by atoms with Crippen LogP contribution in [0, 0.1) is 0 Å². The van der Waals surface area contributed by atoms with Crippen molar-refractivity contribution in [3.8, 4) is 11.5 Å². The quantitative estimate of drug-likeness (QED) is 0.431. The Morgan fingerprint density at radius 1 is 1.00 bits per heavy atom. The topological polar surface area (TPSA) is 114 Å². The molecule has 1 fully saturated rings. The zero-order chi connectivity index (χ0) is 23.3. The van der Waals surface area contributed by atoms with E-state index in [1.165, 1.54) is 0 Å². The first-order valence-electron chi connectivity index (χ1n) is 11.8. The minimum atomic E-state index is -0.140. The van der Waals surface area contributed by atoms with Crippen molar-refractivity contribution in [2.45, 2.75) is 56.9 Å². The summed E-state index contributed by atoms with van der Waals surface area (Å²) < 4.78 is 5.92. The fourth-order valence-electron chi connectivity index (χ4n) is 4.55. The van der Waals surface area contributed by atoms with E-state index in [4.69, 9.17) is 4.42 Å². The third-order valence-corrected chi connectivity index (χ3v) is 6.38. The van der Waals surface area contributed by atoms with Crippen molar-refractivity contribution in [2.24, 2.45) is 0 Å². The van der Waals surface area contributed by atoms with Gasteiger partial charge in [0.2, 0.25) is 17.7 Å². The Bertz CT molecular complexity index is 1320. The highest BCUT2D eigenvalue weighted by Crippen LogP contribution is 2.33. The maximum absolute atomic E-state index is 12.4. The molecule has 2 aromatic carbocycles. The van der Waals surface area contributed by atoms with Gasteiger partial charge in [-0.25, -0.2) is 4.98 Å². The number of H-pyrrole nitrogens is 1. The lowest BCUT2D eigenvalue weighted by atomic mass is 9.86. The highest BCUT2D eigenvalue weighted by Gasteiger charge is 2.27. The predicted octanol–water partition coefficient (Wildman–Crippen LogP) is 4.14. The molecule has 0 spiro atoms. The van der Waals surface area contributed by atoms with Gasteiger partial charge in [-0.05, 0) is 56.4 Å². The van der Waals surface area contributed by atoms with E-state index in [0.717, 1.165) is 31.2 Å². The van der Waals surface area contributed by atoms with Gasteiger partial charge < -0.3 is 14.7 Å². The van der Waals surface area contributed by atoms with Gasteiger partial charge >= 0.3 is 0 Å². The van der Waals surface area contributed by atoms with E-state index in [9.17, 15) is 9.59 Å². The van der Waals surface area contributed by atoms with E-state index in [2.05, 4.69) is 25.5 Å². The number of nitrogens with one attached hydrogen (secondary N) is 2. The molecule has 0 aliphatic heterocycles. The van der Waals surface area contributed by atoms with Gasteiger partial charge in [0, 0.05) is 30.4 Å². The fraction of sp³-hybridized carbons (Fsp3) is 0.346. The molecule has 1 saturated carbocycles. The standard InChI is InChI=1S/C26H27N5O3/c32-23(12-6-11-22-28-21-10-5-4-9-20(21)24(33)29-22)27-19-15-13-18(14-16-19)26-31-30-25(34-26)17-7-2-1-3-8-17/h1-5,7-10,18-19H,6,11-16H2,(H,27,32)(H,28,29,33)/t18-,19-. The van der Waals surface area contributed by atoms with Crippen molar-refractivity contribution in [3.63, 3.8) is 0 Å². The van der Waals surface area contributed by atoms with Gasteiger partial charge in [0.05, 0.1) is 10.9 Å². The Morgan fingerprint density at radius 3 is 2.59 bits per heavy atom. The summed E-state index contributed by atoms with van der Waals surface area (Å²) in [6.45, 7) is 0. The number of benzene rings is 2. The monoisotopic (exact) mass is 457 g/mol. The molecule has 8 heteroatoms. The number of hydrogen-bond acceptors (Lipinski definition) is 6. The number of amides is 1. The number of hydrogen-bond donors (Lipinski definition) is 2. The van der Waals surface area contributed by atoms with Crippen LogP contribution in [0.1, 0.15) is 56.2 Å². The molecule has 0 atom stereocenters. The number of nitrogens with zero attached hydrogens (tertiary/aromatic N) is 3. The second-order valence-corrected chi connectivity index (χ2v) is 8.81. The predicted molar refractivity (Wildman–Crippen MR) is 128 cm³/mol. The molecule has 2 aromatic heterocycles. The smallest absolute Gasteiger partial charge is 0.258 e. The minimum absolute atomic E-state index is 0.0377. The second kappa shape index (κ2) is 9.99. The molecule has 0 bridgehead atoms. The van der Waals surface area contributed by atoms with Gasteiger partial charge in [-0.3, -0.25) is 9.59 Å². The van der Waals surface area contributed by atoms with Crippen molar-refractivity contribution < 1.29 is 9.21 Å². The van der Waals surface area contributed by atoms with E-state index in [1.54, 1.807) is 6.07 Å². The van der Waals surface area contributed by atoms with E-state index in [-0.39, 0.29) is 23.4 Å². The third kappa shape index (κ3) is 5.06. The number of carbonyl (C=O) groups is 1. The number of carbonyl (C=O) groups excluding carboxylic acids is 1. The molecule has 174 valence electrons. The number of aryl methyl sites for hydroxylation is 1. The Hall–Kier alpha value is -3.81. The molecule has 4 aromatic rings. The van der Waals surface area contributed by atoms with Crippen LogP contribution in [0.25, 0.3) is 22.4 Å². The first-order valence-corrected chi connectivity index (χ1v) is 11.8. The van der Waals surface area contributed by atoms with Gasteiger partial charge in [0.15, 0.2) is 0 Å². The van der Waals surface area contributed by atoms with Gasteiger partial charge in [-0.1, -0.05) is 30.3 Å². The number of fused-ring (bicyclic) bond motifs is 1. The summed E-state index contributed by atoms with van der Waals surface area (Å²) in [5.41, 5.74) is 1.46. The van der Waals surface area contributed by atoms with E-state index in [0.29, 0.717) is 47.8 Å². The Balaban J connectivity index is 1.07. The summed E-state index contributed by atoms with van der Waals surface area (Å²) in [7, 11) is 0. The summed E-state index contributed by atoms with van der Waals surface area (Å²) >= 11 is 0. The fourth-order valence-corrected chi connectivity index (χ4v) is 4.55. The van der Waals surface area contributed by atoms with Crippen LogP contribution >= 0.6 is 0 Å². The third-order valence-electron chi connectivity index (χ3n) is 6.38. The van der Waals surface area contributed by atoms with E-state index in [1.807, 2.05) is 48.5 Å². The van der Waals surface area contributed by atoms with Crippen LogP contribution in [0.3, 0.4) is 0 Å². The van der Waals surface area contributed by atoms with E-state index < -0.39 is 0 Å². The van der Waals surface area contributed by atoms with E-state index >= 15 is 0 Å². The highest BCUT2D eigenvalue weighted by atomic mass is 16.4. The number of aromatic nitrogens is 4. The lowest BCUT2D eigenvalue weighted by Crippen LogP contribution is -2.37. The molecule has 5 rings (SSSR count). The summed E-state index contributed by atoms with van der Waals surface area (Å²) in [5, 5.41) is 12.2. The number of aromatic amines is 1. The second-order valence-electron chi connectivity index (χ2n) is 8.81. The lowest BCUT2D eigenvalue weighted by molar-refractivity contribution is -0.122. The maximum Gasteiger partial charge on any atom is 0.258 e. The van der Waals surface area contributed by atoms with Crippen molar-refractivity contribution in [1.29, 1.82) is 0 Å². The molecule has 0 saturated heterocycles. The van der Waals surface area contributed by atoms with Crippen LogP contribution < -0.4 is 10.9 Å². The maximum atomic E-state index is 12.4. The zero-order valence-corrected chi connectivity index (χ0v) is 18.9. The molecule has 34 heavy (non-hydrogen) atoms. The van der Waals surface area contributed by atoms with Crippen molar-refractivity contribution in [2.75, 3.05) is 0 Å². The van der Waals surface area contributed by atoms with Crippen molar-refractivity contribution >= 4 is 16.8 Å². The summed E-state index contributed by atoms with van der Waals surface area (Å²) in [5.74, 6) is 2.12. The van der Waals surface area contributed by atoms with Crippen molar-refractivity contribution in [1.82, 2.24) is 25.5 Å². The number of rotatable bonds is 7. The molecule has 0 unspecified atom stereocenters. The molecule has 2 heterocycles. The average molecular weight is 458 g/mol. The summed E-state index contributed by atoms with van der Waals surface area (Å²) in [6, 6.07) is 17.2. The van der Waals surface area contributed by atoms with Crippen LogP contribution in [-0.2, 0) is 11.2 Å². The molecule has 0 radical (unpaired) electrons. The molecule has 1 aliphatic carbocycles. The molecule has 1 aliphatic rings. The Labute approximate surface area is 196 Å². The normalized spacial score (nSPS) is 18.1. The van der Waals surface area contributed by atoms with Crippen LogP contribution in [-0.4, -0.2) is 32.1 Å². The summed E-state index contributed by atoms with van der Waals surface area (Å²) in [4.78, 5) is 31.9. The first-order chi connectivity index (χ1) is 16.7. The highest BCUT2D eigenvalue weighted by molar-refractivity contribution is 5.77. The SMILES string of the molecule is O=C(CCCc1nc2ccccc2c(=O)[nH]1)N[C@H]1CC[C@H](c2nnc(-c3ccccc3)o2)CC1. The molecule has 8 nitrogen and oxygen atoms in total. The molecular formula is C26H27N5O3. The molecule has 1 amide bonds. The largest absolute Gasteiger partial charge is 0.420 e. The average Bonchev–Trinajstić information content (AvgIpc) is 3.36. The van der Waals surface area contributed by atoms with Crippen LogP contribution in [0.15, 0.2) is 63.8 Å².